The van der Waals surface area contributed by atoms with Crippen molar-refractivity contribution in [2.75, 3.05) is 11.1 Å². The molecule has 0 unspecified atom stereocenters. The fourth-order valence-electron chi connectivity index (χ4n) is 2.56. The summed E-state index contributed by atoms with van der Waals surface area (Å²) in [5.41, 5.74) is 7.11. The molecule has 2 aromatic rings. The van der Waals surface area contributed by atoms with Crippen LogP contribution in [-0.4, -0.2) is 25.8 Å². The lowest BCUT2D eigenvalue weighted by molar-refractivity contribution is 0.0635. The van der Waals surface area contributed by atoms with Crippen LogP contribution < -0.4 is 15.5 Å². The van der Waals surface area contributed by atoms with Crippen LogP contribution in [0.25, 0.3) is 0 Å². The SMILES string of the molecule is CC(C)(C)OC(=O)Nc1cccc(C(=O)c2cc(O[Si](C)(C)C(C)(C)C)ccc2N)c1. The van der Waals surface area contributed by atoms with E-state index < -0.39 is 20.0 Å². The van der Waals surface area contributed by atoms with E-state index in [0.717, 1.165) is 0 Å². The van der Waals surface area contributed by atoms with Gasteiger partial charge in [-0.2, -0.15) is 0 Å². The summed E-state index contributed by atoms with van der Waals surface area (Å²) in [5.74, 6) is 0.387. The fourth-order valence-corrected chi connectivity index (χ4v) is 3.58. The van der Waals surface area contributed by atoms with Crippen LogP contribution >= 0.6 is 0 Å². The van der Waals surface area contributed by atoms with Gasteiger partial charge >= 0.3 is 6.09 Å². The van der Waals surface area contributed by atoms with Crippen LogP contribution in [0, 0.1) is 0 Å². The second kappa shape index (κ2) is 8.75. The largest absolute Gasteiger partial charge is 0.543 e. The van der Waals surface area contributed by atoms with Crippen LogP contribution in [0.15, 0.2) is 42.5 Å². The number of ketones is 1. The minimum atomic E-state index is -2.06. The monoisotopic (exact) mass is 442 g/mol. The number of nitrogens with one attached hydrogen (secondary N) is 1. The third-order valence-corrected chi connectivity index (χ3v) is 9.58. The molecule has 0 spiro atoms. The Morgan fingerprint density at radius 3 is 2.19 bits per heavy atom. The van der Waals surface area contributed by atoms with E-state index in [-0.39, 0.29) is 10.8 Å². The molecule has 0 fully saturated rings. The molecule has 0 atom stereocenters. The molecule has 0 aliphatic carbocycles. The van der Waals surface area contributed by atoms with Gasteiger partial charge in [-0.1, -0.05) is 32.9 Å². The first-order valence-electron chi connectivity index (χ1n) is 10.3. The number of amides is 1. The second-order valence-electron chi connectivity index (χ2n) is 10.1. The van der Waals surface area contributed by atoms with Gasteiger partial charge in [0.15, 0.2) is 5.78 Å². The molecule has 0 aliphatic heterocycles. The van der Waals surface area contributed by atoms with Crippen LogP contribution in [0.3, 0.4) is 0 Å². The minimum Gasteiger partial charge on any atom is -0.543 e. The van der Waals surface area contributed by atoms with Crippen molar-refractivity contribution in [1.82, 2.24) is 0 Å². The van der Waals surface area contributed by atoms with Crippen molar-refractivity contribution in [3.63, 3.8) is 0 Å². The highest BCUT2D eigenvalue weighted by Gasteiger charge is 2.39. The van der Waals surface area contributed by atoms with Crippen molar-refractivity contribution in [2.24, 2.45) is 0 Å². The molecule has 0 radical (unpaired) electrons. The quantitative estimate of drug-likeness (QED) is 0.325. The summed E-state index contributed by atoms with van der Waals surface area (Å²) in [5, 5.41) is 2.68. The van der Waals surface area contributed by atoms with E-state index in [0.29, 0.717) is 28.3 Å². The number of nitrogen functional groups attached to an aromatic ring is 1. The zero-order chi connectivity index (χ0) is 23.6. The fraction of sp³-hybridized carbons (Fsp3) is 0.417. The number of anilines is 2. The molecule has 0 saturated heterocycles. The molecule has 0 heterocycles. The van der Waals surface area contributed by atoms with Crippen LogP contribution in [0.2, 0.25) is 18.1 Å². The van der Waals surface area contributed by atoms with Crippen molar-refractivity contribution in [3.05, 3.63) is 53.6 Å². The summed E-state index contributed by atoms with van der Waals surface area (Å²) >= 11 is 0. The first-order chi connectivity index (χ1) is 14.1. The zero-order valence-electron chi connectivity index (χ0n) is 19.8. The molecule has 168 valence electrons. The molecule has 2 rings (SSSR count). The van der Waals surface area contributed by atoms with Gasteiger partial charge in [0.25, 0.3) is 0 Å². The van der Waals surface area contributed by atoms with E-state index in [2.05, 4.69) is 39.2 Å². The lowest BCUT2D eigenvalue weighted by Crippen LogP contribution is -2.43. The van der Waals surface area contributed by atoms with E-state index in [9.17, 15) is 9.59 Å². The molecule has 6 nitrogen and oxygen atoms in total. The normalized spacial score (nSPS) is 12.3. The molecule has 1 amide bonds. The molecule has 31 heavy (non-hydrogen) atoms. The Labute approximate surface area is 186 Å². The van der Waals surface area contributed by atoms with Gasteiger partial charge in [-0.25, -0.2) is 4.79 Å². The number of nitrogens with two attached hydrogens (primary N) is 1. The van der Waals surface area contributed by atoms with E-state index >= 15 is 0 Å². The van der Waals surface area contributed by atoms with Crippen LogP contribution in [0.5, 0.6) is 5.75 Å². The van der Waals surface area contributed by atoms with Gasteiger partial charge in [0, 0.05) is 22.5 Å². The molecule has 0 aromatic heterocycles. The topological polar surface area (TPSA) is 90.6 Å². The average molecular weight is 443 g/mol. The van der Waals surface area contributed by atoms with E-state index in [1.54, 1.807) is 63.2 Å². The standard InChI is InChI=1S/C24H34N2O4Si/c1-23(2,3)29-22(28)26-17-11-9-10-16(14-17)21(27)19-15-18(12-13-20(19)25)30-31(7,8)24(4,5)6/h9-15H,25H2,1-8H3,(H,26,28). The van der Waals surface area contributed by atoms with Crippen LogP contribution in [0.1, 0.15) is 57.5 Å². The first-order valence-corrected chi connectivity index (χ1v) is 13.2. The summed E-state index contributed by atoms with van der Waals surface area (Å²) < 4.78 is 11.6. The Hall–Kier alpha value is -2.80. The Kier molecular flexibility index (Phi) is 6.90. The highest BCUT2D eigenvalue weighted by atomic mass is 28.4. The molecule has 7 heteroatoms. The predicted molar refractivity (Wildman–Crippen MR) is 128 cm³/mol. The number of carbonyl (C=O) groups is 2. The number of ether oxygens (including phenoxy) is 1. The highest BCUT2D eigenvalue weighted by molar-refractivity contribution is 6.74. The van der Waals surface area contributed by atoms with Gasteiger partial charge in [0.05, 0.1) is 0 Å². The summed E-state index contributed by atoms with van der Waals surface area (Å²) in [6, 6.07) is 11.9. The minimum absolute atomic E-state index is 0.0280. The van der Waals surface area contributed by atoms with Crippen molar-refractivity contribution in [2.45, 2.75) is 65.3 Å². The highest BCUT2D eigenvalue weighted by Crippen LogP contribution is 2.38. The zero-order valence-corrected chi connectivity index (χ0v) is 20.8. The summed E-state index contributed by atoms with van der Waals surface area (Å²) in [7, 11) is -2.06. The second-order valence-corrected chi connectivity index (χ2v) is 14.9. The third kappa shape index (κ3) is 6.59. The molecule has 0 saturated carbocycles. The van der Waals surface area contributed by atoms with E-state index in [1.165, 1.54) is 0 Å². The maximum absolute atomic E-state index is 13.2. The van der Waals surface area contributed by atoms with Gasteiger partial charge in [0.2, 0.25) is 8.32 Å². The molecule has 3 N–H and O–H groups in total. The van der Waals surface area contributed by atoms with Crippen LogP contribution in [-0.2, 0) is 4.74 Å². The Bertz CT molecular complexity index is 972. The smallest absolute Gasteiger partial charge is 0.412 e. The van der Waals surface area contributed by atoms with E-state index in [4.69, 9.17) is 14.9 Å². The van der Waals surface area contributed by atoms with Crippen molar-refractivity contribution >= 4 is 31.6 Å². The van der Waals surface area contributed by atoms with Crippen LogP contribution in [0.4, 0.5) is 16.2 Å². The molecule has 2 aromatic carbocycles. The van der Waals surface area contributed by atoms with Gasteiger partial charge in [-0.05, 0) is 69.2 Å². The predicted octanol–water partition coefficient (Wildman–Crippen LogP) is 6.23. The van der Waals surface area contributed by atoms with Gasteiger partial charge in [0.1, 0.15) is 11.4 Å². The number of carbonyl (C=O) groups excluding carboxylic acids is 2. The number of benzene rings is 2. The lowest BCUT2D eigenvalue weighted by atomic mass is 10.0. The van der Waals surface area contributed by atoms with Crippen molar-refractivity contribution < 1.29 is 18.8 Å². The number of hydrogen-bond donors (Lipinski definition) is 2. The first kappa shape index (κ1) is 24.5. The van der Waals surface area contributed by atoms with Crippen molar-refractivity contribution in [1.29, 1.82) is 0 Å². The summed E-state index contributed by atoms with van der Waals surface area (Å²) in [6.07, 6.45) is -0.582. The lowest BCUT2D eigenvalue weighted by Gasteiger charge is -2.36. The van der Waals surface area contributed by atoms with Crippen molar-refractivity contribution in [3.8, 4) is 5.75 Å². The van der Waals surface area contributed by atoms with Gasteiger partial charge < -0.3 is 14.9 Å². The maximum Gasteiger partial charge on any atom is 0.412 e. The van der Waals surface area contributed by atoms with Gasteiger partial charge in [-0.15, -0.1) is 0 Å². The number of rotatable bonds is 5. The molecular formula is C24H34N2O4Si. The molecule has 0 bridgehead atoms. The maximum atomic E-state index is 13.2. The number of hydrogen-bond acceptors (Lipinski definition) is 5. The molecular weight excluding hydrogens is 408 g/mol. The summed E-state index contributed by atoms with van der Waals surface area (Å²) in [4.78, 5) is 25.2. The average Bonchev–Trinajstić information content (AvgIpc) is 2.60. The Morgan fingerprint density at radius 2 is 1.61 bits per heavy atom. The summed E-state index contributed by atoms with van der Waals surface area (Å²) in [6.45, 7) is 16.1. The Morgan fingerprint density at radius 1 is 0.968 bits per heavy atom. The van der Waals surface area contributed by atoms with E-state index in [1.807, 2.05) is 0 Å². The van der Waals surface area contributed by atoms with Gasteiger partial charge in [-0.3, -0.25) is 10.1 Å². The molecule has 0 aliphatic rings. The Balaban J connectivity index is 2.28. The third-order valence-electron chi connectivity index (χ3n) is 5.22.